The number of benzene rings is 2. The van der Waals surface area contributed by atoms with Crippen LogP contribution in [0.5, 0.6) is 11.5 Å². The van der Waals surface area contributed by atoms with Crippen LogP contribution in [0, 0.1) is 6.92 Å². The standard InChI is InChI=1S/C21H20BrNO4S2/c1-14-2-5-17(6-3-14)26-10-8-25-9-11-27-18-7-4-16(22)12-15(18)13-19-20(24)23-21(28)29-19/h2-7,12-13H,8-11H2,1H3,(H,23,24,28). The Labute approximate surface area is 187 Å². The number of thiocarbonyl (C=S) groups is 1. The Morgan fingerprint density at radius 2 is 1.79 bits per heavy atom. The van der Waals surface area contributed by atoms with Crippen molar-refractivity contribution in [3.05, 3.63) is 63.0 Å². The maximum Gasteiger partial charge on any atom is 0.263 e. The van der Waals surface area contributed by atoms with E-state index in [2.05, 4.69) is 21.2 Å². The lowest BCUT2D eigenvalue weighted by Gasteiger charge is -2.11. The monoisotopic (exact) mass is 493 g/mol. The van der Waals surface area contributed by atoms with Crippen LogP contribution in [-0.2, 0) is 9.53 Å². The van der Waals surface area contributed by atoms with Gasteiger partial charge in [0.15, 0.2) is 0 Å². The molecule has 29 heavy (non-hydrogen) atoms. The molecule has 0 bridgehead atoms. The third-order valence-corrected chi connectivity index (χ3v) is 5.56. The Morgan fingerprint density at radius 3 is 2.48 bits per heavy atom. The molecule has 0 atom stereocenters. The van der Waals surface area contributed by atoms with Gasteiger partial charge in [-0.3, -0.25) is 4.79 Å². The molecule has 8 heteroatoms. The lowest BCUT2D eigenvalue weighted by molar-refractivity contribution is -0.115. The van der Waals surface area contributed by atoms with Crippen LogP contribution >= 0.6 is 39.9 Å². The zero-order valence-electron chi connectivity index (χ0n) is 15.8. The van der Waals surface area contributed by atoms with Crippen molar-refractivity contribution >= 4 is 56.2 Å². The van der Waals surface area contributed by atoms with E-state index >= 15 is 0 Å². The van der Waals surface area contributed by atoms with Crippen molar-refractivity contribution in [2.75, 3.05) is 26.4 Å². The van der Waals surface area contributed by atoms with Gasteiger partial charge in [0.1, 0.15) is 29.0 Å². The second-order valence-corrected chi connectivity index (χ2v) is 8.79. The molecule has 0 saturated carbocycles. The number of nitrogens with one attached hydrogen (secondary N) is 1. The molecule has 1 aliphatic rings. The summed E-state index contributed by atoms with van der Waals surface area (Å²) in [5.41, 5.74) is 1.99. The molecular weight excluding hydrogens is 474 g/mol. The van der Waals surface area contributed by atoms with Crippen LogP contribution in [0.3, 0.4) is 0 Å². The molecule has 1 heterocycles. The first-order valence-corrected chi connectivity index (χ1v) is 11.0. The highest BCUT2D eigenvalue weighted by molar-refractivity contribution is 9.10. The van der Waals surface area contributed by atoms with Crippen LogP contribution in [0.2, 0.25) is 0 Å². The van der Waals surface area contributed by atoms with Crippen LogP contribution in [0.4, 0.5) is 0 Å². The van der Waals surface area contributed by atoms with Crippen molar-refractivity contribution in [3.8, 4) is 11.5 Å². The number of amides is 1. The fourth-order valence-corrected chi connectivity index (χ4v) is 3.91. The zero-order valence-corrected chi connectivity index (χ0v) is 19.0. The van der Waals surface area contributed by atoms with Crippen molar-refractivity contribution in [1.29, 1.82) is 0 Å². The first-order chi connectivity index (χ1) is 14.0. The molecule has 1 amide bonds. The highest BCUT2D eigenvalue weighted by atomic mass is 79.9. The van der Waals surface area contributed by atoms with Gasteiger partial charge in [-0.05, 0) is 43.3 Å². The lowest BCUT2D eigenvalue weighted by Crippen LogP contribution is -2.17. The smallest absolute Gasteiger partial charge is 0.263 e. The van der Waals surface area contributed by atoms with Gasteiger partial charge in [-0.2, -0.15) is 0 Å². The van der Waals surface area contributed by atoms with E-state index < -0.39 is 0 Å². The van der Waals surface area contributed by atoms with Gasteiger partial charge in [0.25, 0.3) is 5.91 Å². The van der Waals surface area contributed by atoms with Crippen molar-refractivity contribution < 1.29 is 19.0 Å². The van der Waals surface area contributed by atoms with E-state index in [9.17, 15) is 4.79 Å². The predicted octanol–water partition coefficient (Wildman–Crippen LogP) is 4.72. The van der Waals surface area contributed by atoms with E-state index in [1.54, 1.807) is 6.08 Å². The fourth-order valence-electron chi connectivity index (χ4n) is 2.49. The summed E-state index contributed by atoms with van der Waals surface area (Å²) in [7, 11) is 0. The number of aryl methyl sites for hydroxylation is 1. The molecule has 0 spiro atoms. The number of carbonyl (C=O) groups excluding carboxylic acids is 1. The van der Waals surface area contributed by atoms with Gasteiger partial charge in [-0.25, -0.2) is 0 Å². The SMILES string of the molecule is Cc1ccc(OCCOCCOc2ccc(Br)cc2C=C2SC(=S)NC2=O)cc1. The lowest BCUT2D eigenvalue weighted by atomic mass is 10.2. The third-order valence-electron chi connectivity index (χ3n) is 3.90. The second kappa shape index (κ2) is 10.8. The molecule has 0 unspecified atom stereocenters. The highest BCUT2D eigenvalue weighted by Gasteiger charge is 2.22. The highest BCUT2D eigenvalue weighted by Crippen LogP contribution is 2.31. The van der Waals surface area contributed by atoms with E-state index in [0.717, 1.165) is 15.8 Å². The molecule has 1 aliphatic heterocycles. The van der Waals surface area contributed by atoms with E-state index in [-0.39, 0.29) is 5.91 Å². The maximum atomic E-state index is 11.9. The Balaban J connectivity index is 1.44. The molecular formula is C21H20BrNO4S2. The Kier molecular flexibility index (Phi) is 8.11. The second-order valence-electron chi connectivity index (χ2n) is 6.16. The van der Waals surface area contributed by atoms with Gasteiger partial charge >= 0.3 is 0 Å². The van der Waals surface area contributed by atoms with Gasteiger partial charge < -0.3 is 19.5 Å². The largest absolute Gasteiger partial charge is 0.491 e. The van der Waals surface area contributed by atoms with Crippen LogP contribution in [0.1, 0.15) is 11.1 Å². The minimum Gasteiger partial charge on any atom is -0.491 e. The van der Waals surface area contributed by atoms with Gasteiger partial charge in [0.2, 0.25) is 0 Å². The Hall–Kier alpha value is -1.87. The summed E-state index contributed by atoms with van der Waals surface area (Å²) >= 11 is 9.72. The average Bonchev–Trinajstić information content (AvgIpc) is 3.01. The Morgan fingerprint density at radius 1 is 1.07 bits per heavy atom. The van der Waals surface area contributed by atoms with Gasteiger partial charge in [-0.15, -0.1) is 0 Å². The van der Waals surface area contributed by atoms with Crippen LogP contribution < -0.4 is 14.8 Å². The summed E-state index contributed by atoms with van der Waals surface area (Å²) in [5, 5.41) is 2.61. The summed E-state index contributed by atoms with van der Waals surface area (Å²) in [6.07, 6.45) is 1.77. The fraction of sp³-hybridized carbons (Fsp3) is 0.238. The van der Waals surface area contributed by atoms with Crippen molar-refractivity contribution in [2.45, 2.75) is 6.92 Å². The van der Waals surface area contributed by atoms with Crippen LogP contribution in [0.15, 0.2) is 51.8 Å². The van der Waals surface area contributed by atoms with Gasteiger partial charge in [0, 0.05) is 10.0 Å². The quantitative estimate of drug-likeness (QED) is 0.309. The number of rotatable bonds is 9. The van der Waals surface area contributed by atoms with Gasteiger partial charge in [0.05, 0.1) is 18.1 Å². The van der Waals surface area contributed by atoms with Gasteiger partial charge in [-0.1, -0.05) is 57.6 Å². The molecule has 3 rings (SSSR count). The molecule has 0 radical (unpaired) electrons. The summed E-state index contributed by atoms with van der Waals surface area (Å²) in [4.78, 5) is 12.4. The number of carbonyl (C=O) groups is 1. The summed E-state index contributed by atoms with van der Waals surface area (Å²) in [5.74, 6) is 1.31. The number of hydrogen-bond donors (Lipinski definition) is 1. The first-order valence-electron chi connectivity index (χ1n) is 8.96. The summed E-state index contributed by atoms with van der Waals surface area (Å²) in [6, 6.07) is 13.5. The van der Waals surface area contributed by atoms with Crippen molar-refractivity contribution in [1.82, 2.24) is 5.32 Å². The number of ether oxygens (including phenoxy) is 3. The van der Waals surface area contributed by atoms with E-state index in [4.69, 9.17) is 26.4 Å². The predicted molar refractivity (Wildman–Crippen MR) is 123 cm³/mol. The molecule has 2 aromatic carbocycles. The van der Waals surface area contributed by atoms with E-state index in [0.29, 0.717) is 41.4 Å². The average molecular weight is 494 g/mol. The molecule has 1 N–H and O–H groups in total. The van der Waals surface area contributed by atoms with Crippen molar-refractivity contribution in [3.63, 3.8) is 0 Å². The van der Waals surface area contributed by atoms with E-state index in [1.165, 1.54) is 17.3 Å². The molecule has 2 aromatic rings. The van der Waals surface area contributed by atoms with E-state index in [1.807, 2.05) is 49.4 Å². The van der Waals surface area contributed by atoms with Crippen LogP contribution in [0.25, 0.3) is 6.08 Å². The topological polar surface area (TPSA) is 56.8 Å². The number of hydrogen-bond acceptors (Lipinski definition) is 6. The molecule has 0 aliphatic carbocycles. The van der Waals surface area contributed by atoms with Crippen molar-refractivity contribution in [2.24, 2.45) is 0 Å². The van der Waals surface area contributed by atoms with Crippen LogP contribution in [-0.4, -0.2) is 36.7 Å². The summed E-state index contributed by atoms with van der Waals surface area (Å²) < 4.78 is 18.4. The molecule has 5 nitrogen and oxygen atoms in total. The minimum absolute atomic E-state index is 0.192. The number of thioether (sulfide) groups is 1. The Bertz CT molecular complexity index is 915. The minimum atomic E-state index is -0.192. The normalized spacial score (nSPS) is 14.9. The maximum absolute atomic E-state index is 11.9. The first kappa shape index (κ1) is 21.8. The zero-order chi connectivity index (χ0) is 20.6. The molecule has 1 saturated heterocycles. The summed E-state index contributed by atoms with van der Waals surface area (Å²) in [6.45, 7) is 3.81. The number of halogens is 1. The molecule has 152 valence electrons. The molecule has 0 aromatic heterocycles. The third kappa shape index (κ3) is 6.85. The molecule has 1 fully saturated rings.